The summed E-state index contributed by atoms with van der Waals surface area (Å²) in [5.74, 6) is -0.413. The Balaban J connectivity index is 1.85. The molecule has 0 amide bonds. The van der Waals surface area contributed by atoms with Crippen molar-refractivity contribution >= 4 is 16.9 Å². The summed E-state index contributed by atoms with van der Waals surface area (Å²) in [4.78, 5) is 11.2. The molecule has 6 heteroatoms. The van der Waals surface area contributed by atoms with Crippen molar-refractivity contribution in [1.82, 2.24) is 10.5 Å². The highest BCUT2D eigenvalue weighted by molar-refractivity contribution is 5.95. The average molecular weight is 272 g/mol. The van der Waals surface area contributed by atoms with Crippen LogP contribution in [0.1, 0.15) is 21.9 Å². The van der Waals surface area contributed by atoms with Gasteiger partial charge in [0.2, 0.25) is 5.76 Å². The first-order chi connectivity index (χ1) is 9.75. The molecule has 0 saturated carbocycles. The molecule has 0 aliphatic rings. The summed E-state index contributed by atoms with van der Waals surface area (Å²) >= 11 is 0. The molecule has 0 aliphatic heterocycles. The van der Waals surface area contributed by atoms with Crippen LogP contribution in [-0.4, -0.2) is 16.2 Å². The van der Waals surface area contributed by atoms with Crippen LogP contribution in [0.3, 0.4) is 0 Å². The van der Waals surface area contributed by atoms with E-state index in [0.29, 0.717) is 30.0 Å². The van der Waals surface area contributed by atoms with Crippen molar-refractivity contribution < 1.29 is 18.8 Å². The van der Waals surface area contributed by atoms with E-state index in [2.05, 4.69) is 10.5 Å². The minimum Gasteiger partial charge on any atom is -0.475 e. The van der Waals surface area contributed by atoms with Crippen LogP contribution in [0.2, 0.25) is 0 Å². The van der Waals surface area contributed by atoms with Gasteiger partial charge in [-0.15, -0.1) is 0 Å². The van der Waals surface area contributed by atoms with Crippen molar-refractivity contribution in [3.8, 4) is 0 Å². The lowest BCUT2D eigenvalue weighted by molar-refractivity contribution is 0.0663. The number of nitrogens with zero attached hydrogens (tertiary/aromatic N) is 1. The normalized spacial score (nSPS) is 11.0. The third kappa shape index (κ3) is 2.28. The van der Waals surface area contributed by atoms with E-state index in [4.69, 9.17) is 8.94 Å². The van der Waals surface area contributed by atoms with E-state index in [1.807, 2.05) is 18.2 Å². The maximum absolute atomic E-state index is 11.2. The number of carboxylic acids is 1. The second-order valence-electron chi connectivity index (χ2n) is 4.29. The van der Waals surface area contributed by atoms with Gasteiger partial charge in [0, 0.05) is 23.6 Å². The van der Waals surface area contributed by atoms with Crippen molar-refractivity contribution in [1.29, 1.82) is 0 Å². The summed E-state index contributed by atoms with van der Waals surface area (Å²) in [5.41, 5.74) is 1.20. The number of rotatable bonds is 5. The number of fused-ring (bicyclic) bond motifs is 1. The molecule has 3 aromatic rings. The molecule has 1 aromatic carbocycles. The third-order valence-corrected chi connectivity index (χ3v) is 2.98. The molecule has 0 bridgehead atoms. The Kier molecular flexibility index (Phi) is 3.22. The van der Waals surface area contributed by atoms with Crippen molar-refractivity contribution in [3.63, 3.8) is 0 Å². The molecule has 0 unspecified atom stereocenters. The molecule has 20 heavy (non-hydrogen) atoms. The monoisotopic (exact) mass is 272 g/mol. The van der Waals surface area contributed by atoms with Crippen molar-refractivity contribution in [2.45, 2.75) is 13.1 Å². The molecule has 6 nitrogen and oxygen atoms in total. The predicted octanol–water partition coefficient (Wildman–Crippen LogP) is 2.41. The van der Waals surface area contributed by atoms with Crippen molar-refractivity contribution in [2.24, 2.45) is 0 Å². The van der Waals surface area contributed by atoms with Gasteiger partial charge in [-0.1, -0.05) is 23.4 Å². The zero-order chi connectivity index (χ0) is 13.9. The number of carbonyl (C=O) groups is 1. The second kappa shape index (κ2) is 5.18. The standard InChI is InChI=1S/C14H12N2O4/c17-14(18)13-11(8-15-7-9-5-6-16-20-9)10-3-1-2-4-12(10)19-13/h1-6,15H,7-8H2,(H,17,18). The highest BCUT2D eigenvalue weighted by Crippen LogP contribution is 2.25. The fourth-order valence-corrected chi connectivity index (χ4v) is 2.09. The Morgan fingerprint density at radius 3 is 2.85 bits per heavy atom. The first-order valence-corrected chi connectivity index (χ1v) is 6.09. The Morgan fingerprint density at radius 2 is 2.10 bits per heavy atom. The number of hydrogen-bond donors (Lipinski definition) is 2. The first kappa shape index (κ1) is 12.4. The summed E-state index contributed by atoms with van der Waals surface area (Å²) in [6.45, 7) is 0.845. The topological polar surface area (TPSA) is 88.5 Å². The fraction of sp³-hybridized carbons (Fsp3) is 0.143. The zero-order valence-corrected chi connectivity index (χ0v) is 10.5. The fourth-order valence-electron chi connectivity index (χ4n) is 2.09. The van der Waals surface area contributed by atoms with Crippen LogP contribution >= 0.6 is 0 Å². The van der Waals surface area contributed by atoms with Crippen LogP contribution in [0.5, 0.6) is 0 Å². The molecule has 0 saturated heterocycles. The minimum atomic E-state index is -1.07. The SMILES string of the molecule is O=C(O)c1oc2ccccc2c1CNCc1ccno1. The number of carboxylic acid groups (broad SMARTS) is 1. The van der Waals surface area contributed by atoms with Gasteiger partial charge in [0.1, 0.15) is 11.3 Å². The van der Waals surface area contributed by atoms with E-state index in [-0.39, 0.29) is 5.76 Å². The maximum atomic E-state index is 11.2. The first-order valence-electron chi connectivity index (χ1n) is 6.09. The average Bonchev–Trinajstić information content (AvgIpc) is 3.07. The largest absolute Gasteiger partial charge is 0.475 e. The smallest absolute Gasteiger partial charge is 0.372 e. The van der Waals surface area contributed by atoms with Gasteiger partial charge in [-0.25, -0.2) is 4.79 Å². The van der Waals surface area contributed by atoms with Crippen LogP contribution in [0.4, 0.5) is 0 Å². The van der Waals surface area contributed by atoms with Crippen LogP contribution in [0.25, 0.3) is 11.0 Å². The van der Waals surface area contributed by atoms with E-state index in [9.17, 15) is 9.90 Å². The minimum absolute atomic E-state index is 0.0312. The van der Waals surface area contributed by atoms with Gasteiger partial charge in [-0.3, -0.25) is 0 Å². The number of aromatic nitrogens is 1. The number of benzene rings is 1. The van der Waals surface area contributed by atoms with E-state index in [1.165, 1.54) is 0 Å². The molecule has 2 N–H and O–H groups in total. The number of nitrogens with one attached hydrogen (secondary N) is 1. The lowest BCUT2D eigenvalue weighted by Crippen LogP contribution is -2.14. The lowest BCUT2D eigenvalue weighted by atomic mass is 10.1. The van der Waals surface area contributed by atoms with Gasteiger partial charge in [-0.2, -0.15) is 0 Å². The number of hydrogen-bond acceptors (Lipinski definition) is 5. The number of aromatic carboxylic acids is 1. The molecule has 0 aliphatic carbocycles. The maximum Gasteiger partial charge on any atom is 0.372 e. The summed E-state index contributed by atoms with van der Waals surface area (Å²) in [6.07, 6.45) is 1.56. The molecule has 0 radical (unpaired) electrons. The van der Waals surface area contributed by atoms with E-state index in [0.717, 1.165) is 5.39 Å². The van der Waals surface area contributed by atoms with Crippen molar-refractivity contribution in [2.75, 3.05) is 0 Å². The molecular weight excluding hydrogens is 260 g/mol. The predicted molar refractivity (Wildman–Crippen MR) is 70.2 cm³/mol. The molecule has 102 valence electrons. The van der Waals surface area contributed by atoms with E-state index < -0.39 is 5.97 Å². The van der Waals surface area contributed by atoms with Gasteiger partial charge in [0.25, 0.3) is 0 Å². The Bertz CT molecular complexity index is 731. The highest BCUT2D eigenvalue weighted by Gasteiger charge is 2.19. The van der Waals surface area contributed by atoms with Gasteiger partial charge < -0.3 is 19.4 Å². The quantitative estimate of drug-likeness (QED) is 0.741. The Hall–Kier alpha value is -2.60. The summed E-state index contributed by atoms with van der Waals surface area (Å²) in [5, 5.41) is 16.7. The van der Waals surface area contributed by atoms with Gasteiger partial charge in [0.05, 0.1) is 12.7 Å². The summed E-state index contributed by atoms with van der Waals surface area (Å²) < 4.78 is 10.3. The molecule has 0 fully saturated rings. The van der Waals surface area contributed by atoms with Crippen LogP contribution < -0.4 is 5.32 Å². The summed E-state index contributed by atoms with van der Waals surface area (Å²) in [6, 6.07) is 9.00. The molecule has 0 atom stereocenters. The summed E-state index contributed by atoms with van der Waals surface area (Å²) in [7, 11) is 0. The Morgan fingerprint density at radius 1 is 1.25 bits per heavy atom. The van der Waals surface area contributed by atoms with Gasteiger partial charge in [0.15, 0.2) is 0 Å². The van der Waals surface area contributed by atoms with Gasteiger partial charge >= 0.3 is 5.97 Å². The molecule has 2 aromatic heterocycles. The second-order valence-corrected chi connectivity index (χ2v) is 4.29. The zero-order valence-electron chi connectivity index (χ0n) is 10.5. The number of furan rings is 1. The van der Waals surface area contributed by atoms with E-state index in [1.54, 1.807) is 18.3 Å². The van der Waals surface area contributed by atoms with Crippen LogP contribution in [-0.2, 0) is 13.1 Å². The molecular formula is C14H12N2O4. The lowest BCUT2D eigenvalue weighted by Gasteiger charge is -2.02. The third-order valence-electron chi connectivity index (χ3n) is 2.98. The van der Waals surface area contributed by atoms with Crippen molar-refractivity contribution in [3.05, 3.63) is 53.6 Å². The van der Waals surface area contributed by atoms with Gasteiger partial charge in [-0.05, 0) is 6.07 Å². The molecule has 0 spiro atoms. The molecule has 3 rings (SSSR count). The van der Waals surface area contributed by atoms with Crippen LogP contribution in [0.15, 0.2) is 45.5 Å². The molecule has 2 heterocycles. The van der Waals surface area contributed by atoms with Crippen LogP contribution in [0, 0.1) is 0 Å². The number of para-hydroxylation sites is 1. The van der Waals surface area contributed by atoms with E-state index >= 15 is 0 Å². The highest BCUT2D eigenvalue weighted by atomic mass is 16.5. The Labute approximate surface area is 114 Å².